The van der Waals surface area contributed by atoms with E-state index in [-0.39, 0.29) is 5.97 Å². The fraction of sp³-hybridized carbons (Fsp3) is 0.188. The van der Waals surface area contributed by atoms with Gasteiger partial charge in [-0.1, -0.05) is 64.5 Å². The molecule has 0 N–H and O–H groups in total. The topological polar surface area (TPSA) is 35.5 Å². The molecule has 1 aliphatic rings. The van der Waals surface area contributed by atoms with Crippen LogP contribution in [0.4, 0.5) is 0 Å². The molecule has 1 heterocycles. The van der Waals surface area contributed by atoms with Gasteiger partial charge in [-0.2, -0.15) is 0 Å². The summed E-state index contributed by atoms with van der Waals surface area (Å²) in [6, 6.07) is 16.9. The fourth-order valence-electron chi connectivity index (χ4n) is 2.43. The highest BCUT2D eigenvalue weighted by Gasteiger charge is 2.48. The summed E-state index contributed by atoms with van der Waals surface area (Å²) in [5, 5.41) is 0.668. The number of fused-ring (bicyclic) bond motifs is 1. The van der Waals surface area contributed by atoms with Crippen molar-refractivity contribution in [1.29, 1.82) is 0 Å². The van der Waals surface area contributed by atoms with E-state index >= 15 is 0 Å². The number of carbonyl (C=O) groups excluding carboxylic acids is 1. The summed E-state index contributed by atoms with van der Waals surface area (Å²) < 4.78 is 11.6. The predicted octanol–water partition coefficient (Wildman–Crippen LogP) is 3.47. The quantitative estimate of drug-likeness (QED) is 0.635. The highest BCUT2D eigenvalue weighted by molar-refractivity contribution is 9.09. The Labute approximate surface area is 125 Å². The van der Waals surface area contributed by atoms with E-state index in [0.29, 0.717) is 17.5 Å². The van der Waals surface area contributed by atoms with Crippen LogP contribution >= 0.6 is 15.9 Å². The van der Waals surface area contributed by atoms with Gasteiger partial charge in [-0.3, -0.25) is 0 Å². The van der Waals surface area contributed by atoms with Crippen molar-refractivity contribution < 1.29 is 14.3 Å². The highest BCUT2D eigenvalue weighted by atomic mass is 79.9. The molecule has 20 heavy (non-hydrogen) atoms. The third kappa shape index (κ3) is 2.05. The molecule has 0 fully saturated rings. The Balaban J connectivity index is 2.16. The highest BCUT2D eigenvalue weighted by Crippen LogP contribution is 2.42. The lowest BCUT2D eigenvalue weighted by molar-refractivity contribution is -0.170. The minimum Gasteiger partial charge on any atom is -0.420 e. The summed E-state index contributed by atoms with van der Waals surface area (Å²) >= 11 is 3.34. The van der Waals surface area contributed by atoms with Crippen LogP contribution in [0.15, 0.2) is 54.6 Å². The molecular weight excluding hydrogens is 320 g/mol. The maximum atomic E-state index is 12.1. The van der Waals surface area contributed by atoms with Gasteiger partial charge in [0, 0.05) is 16.5 Å². The molecule has 2 aromatic carbocycles. The zero-order valence-corrected chi connectivity index (χ0v) is 12.3. The average Bonchev–Trinajstić information content (AvgIpc) is 2.80. The Kier molecular flexibility index (Phi) is 3.59. The molecule has 0 spiro atoms. The van der Waals surface area contributed by atoms with Crippen molar-refractivity contribution >= 4 is 21.9 Å². The molecule has 0 radical (unpaired) electrons. The molecular formula is C16H13BrO3. The monoisotopic (exact) mass is 332 g/mol. The lowest BCUT2D eigenvalue weighted by Gasteiger charge is -2.29. The molecule has 1 unspecified atom stereocenters. The van der Waals surface area contributed by atoms with Crippen LogP contribution in [0, 0.1) is 0 Å². The lowest BCUT2D eigenvalue weighted by Crippen LogP contribution is -2.32. The van der Waals surface area contributed by atoms with E-state index in [4.69, 9.17) is 9.47 Å². The van der Waals surface area contributed by atoms with Gasteiger partial charge in [0.1, 0.15) is 0 Å². The van der Waals surface area contributed by atoms with Crippen molar-refractivity contribution in [2.75, 3.05) is 11.9 Å². The van der Waals surface area contributed by atoms with E-state index < -0.39 is 5.79 Å². The molecule has 3 rings (SSSR count). The predicted molar refractivity (Wildman–Crippen MR) is 78.8 cm³/mol. The SMILES string of the molecule is O=C1OC(OCCBr)(c2ccccc2)c2ccccc21. The van der Waals surface area contributed by atoms with Crippen LogP contribution in [0.3, 0.4) is 0 Å². The van der Waals surface area contributed by atoms with E-state index in [2.05, 4.69) is 15.9 Å². The van der Waals surface area contributed by atoms with Crippen LogP contribution in [-0.2, 0) is 15.3 Å². The third-order valence-corrected chi connectivity index (χ3v) is 3.60. The minimum absolute atomic E-state index is 0.348. The molecule has 0 saturated carbocycles. The zero-order valence-electron chi connectivity index (χ0n) is 10.7. The Hall–Kier alpha value is -1.65. The van der Waals surface area contributed by atoms with Gasteiger partial charge in [0.15, 0.2) is 0 Å². The second kappa shape index (κ2) is 5.38. The Morgan fingerprint density at radius 1 is 1.05 bits per heavy atom. The van der Waals surface area contributed by atoms with E-state index in [1.165, 1.54) is 0 Å². The van der Waals surface area contributed by atoms with Gasteiger partial charge >= 0.3 is 5.97 Å². The van der Waals surface area contributed by atoms with Gasteiger partial charge in [0.25, 0.3) is 5.79 Å². The molecule has 1 aliphatic heterocycles. The molecule has 1 atom stereocenters. The largest absolute Gasteiger partial charge is 0.420 e. The number of hydrogen-bond acceptors (Lipinski definition) is 3. The second-order valence-electron chi connectivity index (χ2n) is 4.46. The number of halogens is 1. The molecule has 2 aromatic rings. The first-order chi connectivity index (χ1) is 9.78. The number of ether oxygens (including phenoxy) is 2. The smallest absolute Gasteiger partial charge is 0.341 e. The lowest BCUT2D eigenvalue weighted by atomic mass is 9.95. The van der Waals surface area contributed by atoms with Gasteiger partial charge in [0.2, 0.25) is 0 Å². The average molecular weight is 333 g/mol. The Morgan fingerprint density at radius 2 is 1.75 bits per heavy atom. The fourth-order valence-corrected chi connectivity index (χ4v) is 2.60. The maximum absolute atomic E-state index is 12.1. The summed E-state index contributed by atoms with van der Waals surface area (Å²) in [7, 11) is 0. The van der Waals surface area contributed by atoms with E-state index in [0.717, 1.165) is 11.1 Å². The van der Waals surface area contributed by atoms with Crippen LogP contribution in [-0.4, -0.2) is 17.9 Å². The van der Waals surface area contributed by atoms with Crippen molar-refractivity contribution in [3.63, 3.8) is 0 Å². The van der Waals surface area contributed by atoms with Crippen LogP contribution in [0.2, 0.25) is 0 Å². The van der Waals surface area contributed by atoms with Crippen LogP contribution < -0.4 is 0 Å². The Bertz CT molecular complexity index is 627. The molecule has 0 aromatic heterocycles. The van der Waals surface area contributed by atoms with Gasteiger partial charge < -0.3 is 9.47 Å². The first-order valence-corrected chi connectivity index (χ1v) is 7.48. The normalized spacial score (nSPS) is 20.6. The van der Waals surface area contributed by atoms with Crippen LogP contribution in [0.25, 0.3) is 0 Å². The van der Waals surface area contributed by atoms with Crippen molar-refractivity contribution in [2.24, 2.45) is 0 Å². The zero-order chi connectivity index (χ0) is 14.0. The maximum Gasteiger partial charge on any atom is 0.341 e. The molecule has 0 saturated heterocycles. The number of carbonyl (C=O) groups is 1. The van der Waals surface area contributed by atoms with Crippen molar-refractivity contribution in [2.45, 2.75) is 5.79 Å². The van der Waals surface area contributed by atoms with Gasteiger partial charge in [0.05, 0.1) is 12.2 Å². The van der Waals surface area contributed by atoms with Crippen LogP contribution in [0.5, 0.6) is 0 Å². The molecule has 4 heteroatoms. The second-order valence-corrected chi connectivity index (χ2v) is 5.25. The summed E-state index contributed by atoms with van der Waals surface area (Å²) in [4.78, 5) is 12.1. The Morgan fingerprint density at radius 3 is 2.50 bits per heavy atom. The number of esters is 1. The van der Waals surface area contributed by atoms with Gasteiger partial charge in [-0.15, -0.1) is 0 Å². The number of rotatable bonds is 4. The molecule has 0 amide bonds. The van der Waals surface area contributed by atoms with Crippen molar-refractivity contribution in [3.8, 4) is 0 Å². The first kappa shape index (κ1) is 13.3. The number of hydrogen-bond donors (Lipinski definition) is 0. The van der Waals surface area contributed by atoms with Crippen molar-refractivity contribution in [1.82, 2.24) is 0 Å². The number of benzene rings is 2. The molecule has 102 valence electrons. The van der Waals surface area contributed by atoms with Gasteiger partial charge in [-0.05, 0) is 6.07 Å². The molecule has 0 bridgehead atoms. The summed E-state index contributed by atoms with van der Waals surface area (Å²) in [6.45, 7) is 0.441. The van der Waals surface area contributed by atoms with Crippen molar-refractivity contribution in [3.05, 3.63) is 71.3 Å². The minimum atomic E-state index is -1.14. The van der Waals surface area contributed by atoms with E-state index in [9.17, 15) is 4.79 Å². The summed E-state index contributed by atoms with van der Waals surface area (Å²) in [5.41, 5.74) is 2.14. The number of cyclic esters (lactones) is 1. The summed E-state index contributed by atoms with van der Waals surface area (Å²) in [6.07, 6.45) is 0. The van der Waals surface area contributed by atoms with E-state index in [1.807, 2.05) is 48.5 Å². The summed E-state index contributed by atoms with van der Waals surface area (Å²) in [5.74, 6) is -1.48. The van der Waals surface area contributed by atoms with E-state index in [1.54, 1.807) is 6.07 Å². The third-order valence-electron chi connectivity index (χ3n) is 3.27. The standard InChI is InChI=1S/C16H13BrO3/c17-10-11-19-16(12-6-2-1-3-7-12)14-9-5-4-8-13(14)15(18)20-16/h1-9H,10-11H2. The molecule has 0 aliphatic carbocycles. The number of alkyl halides is 1. The first-order valence-electron chi connectivity index (χ1n) is 6.36. The van der Waals surface area contributed by atoms with Gasteiger partial charge in [-0.25, -0.2) is 4.79 Å². The molecule has 3 nitrogen and oxygen atoms in total. The van der Waals surface area contributed by atoms with Crippen LogP contribution in [0.1, 0.15) is 21.5 Å².